The van der Waals surface area contributed by atoms with Crippen molar-refractivity contribution in [3.63, 3.8) is 0 Å². The third-order valence-electron chi connectivity index (χ3n) is 2.58. The Bertz CT molecular complexity index is 336. The summed E-state index contributed by atoms with van der Waals surface area (Å²) in [4.78, 5) is 0. The van der Waals surface area contributed by atoms with Gasteiger partial charge in [-0.25, -0.2) is 0 Å². The van der Waals surface area contributed by atoms with Crippen LogP contribution >= 0.6 is 0 Å². The molecule has 0 fully saturated rings. The Morgan fingerprint density at radius 3 is 3.20 bits per heavy atom. The molecule has 3 nitrogen and oxygen atoms in total. The Kier molecular flexibility index (Phi) is 3.23. The van der Waals surface area contributed by atoms with Crippen LogP contribution in [0.15, 0.2) is 18.2 Å². The zero-order chi connectivity index (χ0) is 10.7. The number of fused-ring (bicyclic) bond motifs is 1. The molecule has 1 heterocycles. The van der Waals surface area contributed by atoms with Crippen molar-refractivity contribution in [2.45, 2.75) is 19.4 Å². The van der Waals surface area contributed by atoms with Gasteiger partial charge in [0.15, 0.2) is 0 Å². The molecule has 1 atom stereocenters. The van der Waals surface area contributed by atoms with Crippen molar-refractivity contribution in [3.05, 3.63) is 29.3 Å². The maximum absolute atomic E-state index is 9.85. The van der Waals surface area contributed by atoms with Gasteiger partial charge >= 0.3 is 0 Å². The van der Waals surface area contributed by atoms with Gasteiger partial charge in [-0.15, -0.1) is 0 Å². The predicted molar refractivity (Wildman–Crippen MR) is 57.1 cm³/mol. The van der Waals surface area contributed by atoms with Crippen LogP contribution in [0, 0.1) is 0 Å². The monoisotopic (exact) mass is 208 g/mol. The van der Waals surface area contributed by atoms with Gasteiger partial charge in [0.05, 0.1) is 19.8 Å². The Morgan fingerprint density at radius 2 is 2.40 bits per heavy atom. The first-order valence-corrected chi connectivity index (χ1v) is 5.32. The van der Waals surface area contributed by atoms with E-state index in [2.05, 4.69) is 0 Å². The summed E-state index contributed by atoms with van der Waals surface area (Å²) >= 11 is 0. The van der Waals surface area contributed by atoms with Gasteiger partial charge in [0.1, 0.15) is 11.9 Å². The second kappa shape index (κ2) is 4.64. The van der Waals surface area contributed by atoms with Gasteiger partial charge in [0, 0.05) is 0 Å². The maximum Gasteiger partial charge on any atom is 0.119 e. The molecular formula is C12H16O3. The van der Waals surface area contributed by atoms with Gasteiger partial charge in [0.25, 0.3) is 0 Å². The van der Waals surface area contributed by atoms with Crippen LogP contribution in [0.4, 0.5) is 0 Å². The fraction of sp³-hybridized carbons (Fsp3) is 0.500. The minimum absolute atomic E-state index is 0.378. The summed E-state index contributed by atoms with van der Waals surface area (Å²) < 4.78 is 10.7. The average Bonchev–Trinajstić information content (AvgIpc) is 2.42. The highest BCUT2D eigenvalue weighted by molar-refractivity contribution is 5.37. The molecule has 1 aromatic rings. The molecule has 3 heteroatoms. The van der Waals surface area contributed by atoms with Gasteiger partial charge in [-0.2, -0.15) is 0 Å². The molecule has 0 radical (unpaired) electrons. The molecule has 0 spiro atoms. The number of benzene rings is 1. The summed E-state index contributed by atoms with van der Waals surface area (Å²) in [6.45, 7) is 3.65. The quantitative estimate of drug-likeness (QED) is 0.803. The zero-order valence-corrected chi connectivity index (χ0v) is 8.90. The lowest BCUT2D eigenvalue weighted by atomic mass is 10.0. The van der Waals surface area contributed by atoms with E-state index in [1.807, 2.05) is 25.1 Å². The van der Waals surface area contributed by atoms with E-state index in [0.717, 1.165) is 23.3 Å². The van der Waals surface area contributed by atoms with Crippen LogP contribution in [-0.4, -0.2) is 24.9 Å². The van der Waals surface area contributed by atoms with Gasteiger partial charge in [-0.1, -0.05) is 6.07 Å². The maximum atomic E-state index is 9.85. The molecule has 1 aromatic carbocycles. The van der Waals surface area contributed by atoms with Gasteiger partial charge in [-0.05, 0) is 36.6 Å². The van der Waals surface area contributed by atoms with Crippen LogP contribution in [0.25, 0.3) is 0 Å². The van der Waals surface area contributed by atoms with Crippen molar-refractivity contribution in [2.24, 2.45) is 0 Å². The lowest BCUT2D eigenvalue weighted by Crippen LogP contribution is -2.05. The van der Waals surface area contributed by atoms with Crippen LogP contribution in [0.5, 0.6) is 5.75 Å². The van der Waals surface area contributed by atoms with E-state index in [-0.39, 0.29) is 0 Å². The molecule has 0 aliphatic carbocycles. The van der Waals surface area contributed by atoms with E-state index in [1.54, 1.807) is 0 Å². The van der Waals surface area contributed by atoms with E-state index in [4.69, 9.17) is 9.47 Å². The minimum atomic E-state index is -0.525. The van der Waals surface area contributed by atoms with Crippen molar-refractivity contribution < 1.29 is 14.6 Å². The highest BCUT2D eigenvalue weighted by Gasteiger charge is 2.17. The summed E-state index contributed by atoms with van der Waals surface area (Å²) in [6, 6.07) is 5.87. The van der Waals surface area contributed by atoms with Crippen molar-refractivity contribution >= 4 is 0 Å². The molecular weight excluding hydrogens is 192 g/mol. The molecule has 82 valence electrons. The Morgan fingerprint density at radius 1 is 1.53 bits per heavy atom. The normalized spacial score (nSPS) is 20.5. The van der Waals surface area contributed by atoms with Gasteiger partial charge in [0.2, 0.25) is 0 Å². The topological polar surface area (TPSA) is 38.7 Å². The number of hydrogen-bond donors (Lipinski definition) is 1. The lowest BCUT2D eigenvalue weighted by molar-refractivity contribution is 0.0451. The van der Waals surface area contributed by atoms with Crippen LogP contribution in [-0.2, 0) is 11.2 Å². The molecule has 0 aromatic heterocycles. The Hall–Kier alpha value is -1.06. The number of ether oxygens (including phenoxy) is 2. The van der Waals surface area contributed by atoms with E-state index < -0.39 is 6.10 Å². The number of hydrogen-bond acceptors (Lipinski definition) is 3. The van der Waals surface area contributed by atoms with Crippen molar-refractivity contribution in [1.29, 1.82) is 0 Å². The summed E-state index contributed by atoms with van der Waals surface area (Å²) in [6.07, 6.45) is 0.335. The molecule has 0 saturated carbocycles. The zero-order valence-electron chi connectivity index (χ0n) is 8.90. The molecule has 0 amide bonds. The highest BCUT2D eigenvalue weighted by atomic mass is 16.5. The first-order valence-electron chi connectivity index (χ1n) is 5.32. The molecule has 1 unspecified atom stereocenters. The molecule has 1 N–H and O–H groups in total. The Balaban J connectivity index is 2.31. The predicted octanol–water partition coefficient (Wildman–Crippen LogP) is 1.69. The van der Waals surface area contributed by atoms with Crippen molar-refractivity contribution in [1.82, 2.24) is 0 Å². The van der Waals surface area contributed by atoms with E-state index >= 15 is 0 Å². The van der Waals surface area contributed by atoms with E-state index in [9.17, 15) is 5.11 Å². The number of aliphatic hydroxyl groups is 1. The molecule has 0 saturated heterocycles. The molecule has 2 rings (SSSR count). The SMILES string of the molecule is CCOc1ccc2c(c1)C(O)COCC2. The van der Waals surface area contributed by atoms with E-state index in [0.29, 0.717) is 19.8 Å². The summed E-state index contributed by atoms with van der Waals surface area (Å²) in [5, 5.41) is 9.85. The molecule has 0 bridgehead atoms. The third-order valence-corrected chi connectivity index (χ3v) is 2.58. The summed E-state index contributed by atoms with van der Waals surface area (Å²) in [5.74, 6) is 0.817. The third kappa shape index (κ3) is 2.30. The van der Waals surface area contributed by atoms with Crippen LogP contribution in [0.3, 0.4) is 0 Å². The first-order chi connectivity index (χ1) is 7.31. The smallest absolute Gasteiger partial charge is 0.119 e. The van der Waals surface area contributed by atoms with Crippen molar-refractivity contribution in [2.75, 3.05) is 19.8 Å². The molecule has 15 heavy (non-hydrogen) atoms. The Labute approximate surface area is 89.6 Å². The van der Waals surface area contributed by atoms with E-state index in [1.165, 1.54) is 0 Å². The van der Waals surface area contributed by atoms with Crippen LogP contribution in [0.2, 0.25) is 0 Å². The fourth-order valence-corrected chi connectivity index (χ4v) is 1.83. The largest absolute Gasteiger partial charge is 0.494 e. The average molecular weight is 208 g/mol. The summed E-state index contributed by atoms with van der Waals surface area (Å²) in [5.41, 5.74) is 2.10. The molecule has 1 aliphatic heterocycles. The van der Waals surface area contributed by atoms with Crippen molar-refractivity contribution in [3.8, 4) is 5.75 Å². The first kappa shape index (κ1) is 10.5. The van der Waals surface area contributed by atoms with Gasteiger partial charge in [-0.3, -0.25) is 0 Å². The van der Waals surface area contributed by atoms with Crippen LogP contribution in [0.1, 0.15) is 24.2 Å². The standard InChI is InChI=1S/C12H16O3/c1-2-15-10-4-3-9-5-6-14-8-12(13)11(9)7-10/h3-4,7,12-13H,2,5-6,8H2,1H3. The second-order valence-electron chi connectivity index (χ2n) is 3.63. The summed E-state index contributed by atoms with van der Waals surface area (Å²) in [7, 11) is 0. The fourth-order valence-electron chi connectivity index (χ4n) is 1.83. The molecule has 1 aliphatic rings. The minimum Gasteiger partial charge on any atom is -0.494 e. The number of rotatable bonds is 2. The van der Waals surface area contributed by atoms with Crippen LogP contribution < -0.4 is 4.74 Å². The lowest BCUT2D eigenvalue weighted by Gasteiger charge is -2.12. The van der Waals surface area contributed by atoms with Gasteiger partial charge < -0.3 is 14.6 Å². The number of aliphatic hydroxyl groups excluding tert-OH is 1. The highest BCUT2D eigenvalue weighted by Crippen LogP contribution is 2.26. The second-order valence-corrected chi connectivity index (χ2v) is 3.63.